The molecule has 0 radical (unpaired) electrons. The van der Waals surface area contributed by atoms with E-state index < -0.39 is 9.70 Å². The van der Waals surface area contributed by atoms with Crippen LogP contribution in [-0.4, -0.2) is 15.8 Å². The predicted octanol–water partition coefficient (Wildman–Crippen LogP) is 4.79. The molecule has 20 heavy (non-hydrogen) atoms. The maximum absolute atomic E-state index is 11.6. The van der Waals surface area contributed by atoms with Crippen molar-refractivity contribution in [1.82, 2.24) is 0 Å². The summed E-state index contributed by atoms with van der Waals surface area (Å²) in [5.41, 5.74) is 2.42. The quantitative estimate of drug-likeness (QED) is 0.802. The van der Waals surface area contributed by atoms with E-state index in [1.807, 2.05) is 20.8 Å². The van der Waals surface area contributed by atoms with Gasteiger partial charge < -0.3 is 10.1 Å². The fraction of sp³-hybridized carbons (Fsp3) is 0.500. The van der Waals surface area contributed by atoms with E-state index in [4.69, 9.17) is 39.5 Å². The van der Waals surface area contributed by atoms with Crippen molar-refractivity contribution in [3.8, 4) is 5.75 Å². The van der Waals surface area contributed by atoms with Gasteiger partial charge in [0.2, 0.25) is 0 Å². The van der Waals surface area contributed by atoms with Crippen molar-refractivity contribution in [2.24, 2.45) is 0 Å². The number of rotatable bonds is 4. The van der Waals surface area contributed by atoms with Crippen LogP contribution < -0.4 is 10.1 Å². The summed E-state index contributed by atoms with van der Waals surface area (Å²) in [6, 6.07) is 3.58. The Kier molecular flexibility index (Phi) is 5.99. The van der Waals surface area contributed by atoms with Crippen LogP contribution in [0.3, 0.4) is 0 Å². The lowest BCUT2D eigenvalue weighted by Gasteiger charge is -2.19. The maximum atomic E-state index is 11.6. The first-order valence-electron chi connectivity index (χ1n) is 6.31. The van der Waals surface area contributed by atoms with Gasteiger partial charge in [0.05, 0.1) is 6.10 Å². The zero-order valence-corrected chi connectivity index (χ0v) is 14.2. The van der Waals surface area contributed by atoms with Gasteiger partial charge in [-0.1, -0.05) is 41.7 Å². The van der Waals surface area contributed by atoms with Gasteiger partial charge in [0.25, 0.3) is 9.70 Å². The van der Waals surface area contributed by atoms with Gasteiger partial charge in [0.15, 0.2) is 0 Å². The monoisotopic (exact) mass is 337 g/mol. The first kappa shape index (κ1) is 17.4. The number of nitrogens with one attached hydrogen (secondary N) is 1. The molecule has 0 saturated carbocycles. The van der Waals surface area contributed by atoms with E-state index in [-0.39, 0.29) is 6.10 Å². The van der Waals surface area contributed by atoms with Crippen molar-refractivity contribution in [2.75, 3.05) is 5.32 Å². The van der Waals surface area contributed by atoms with E-state index in [1.165, 1.54) is 0 Å². The smallest absolute Gasteiger partial charge is 0.276 e. The van der Waals surface area contributed by atoms with E-state index in [1.54, 1.807) is 12.1 Å². The topological polar surface area (TPSA) is 38.3 Å². The maximum Gasteiger partial charge on any atom is 0.276 e. The lowest BCUT2D eigenvalue weighted by molar-refractivity contribution is -0.115. The molecule has 0 saturated heterocycles. The van der Waals surface area contributed by atoms with E-state index in [0.717, 1.165) is 23.3 Å². The van der Waals surface area contributed by atoms with Crippen LogP contribution in [0.1, 0.15) is 31.4 Å². The molecule has 0 aromatic heterocycles. The minimum absolute atomic E-state index is 0.133. The molecule has 0 spiro atoms. The van der Waals surface area contributed by atoms with Gasteiger partial charge in [0, 0.05) is 5.69 Å². The largest absolute Gasteiger partial charge is 0.490 e. The van der Waals surface area contributed by atoms with Crippen LogP contribution in [-0.2, 0) is 4.79 Å². The van der Waals surface area contributed by atoms with Crippen LogP contribution in [0.4, 0.5) is 5.69 Å². The number of alkyl halides is 3. The average Bonchev–Trinajstić information content (AvgIpc) is 2.32. The number of benzene rings is 1. The van der Waals surface area contributed by atoms with Crippen LogP contribution in [0, 0.1) is 13.8 Å². The summed E-state index contributed by atoms with van der Waals surface area (Å²) < 4.78 is 3.88. The molecule has 3 nitrogen and oxygen atoms in total. The normalized spacial score (nSPS) is 12.9. The summed E-state index contributed by atoms with van der Waals surface area (Å²) in [4.78, 5) is 11.6. The van der Waals surface area contributed by atoms with Crippen molar-refractivity contribution in [2.45, 2.75) is 44.0 Å². The van der Waals surface area contributed by atoms with E-state index in [0.29, 0.717) is 5.69 Å². The molecule has 1 N–H and O–H groups in total. The van der Waals surface area contributed by atoms with E-state index in [2.05, 4.69) is 12.2 Å². The molecule has 1 aromatic carbocycles. The second-order valence-corrected chi connectivity index (χ2v) is 7.01. The fourth-order valence-corrected chi connectivity index (χ4v) is 1.84. The lowest BCUT2D eigenvalue weighted by Crippen LogP contribution is -2.27. The number of hydrogen-bond acceptors (Lipinski definition) is 2. The molecular weight excluding hydrogens is 321 g/mol. The Morgan fingerprint density at radius 3 is 2.20 bits per heavy atom. The summed E-state index contributed by atoms with van der Waals surface area (Å²) >= 11 is 16.6. The molecule has 0 heterocycles. The molecule has 0 aliphatic heterocycles. The highest BCUT2D eigenvalue weighted by molar-refractivity contribution is 6.76. The Balaban J connectivity index is 2.96. The minimum Gasteiger partial charge on any atom is -0.490 e. The zero-order chi connectivity index (χ0) is 15.5. The summed E-state index contributed by atoms with van der Waals surface area (Å²) in [6.45, 7) is 7.90. The van der Waals surface area contributed by atoms with Gasteiger partial charge >= 0.3 is 0 Å². The number of carbonyl (C=O) groups is 1. The summed E-state index contributed by atoms with van der Waals surface area (Å²) in [5, 5.41) is 2.57. The van der Waals surface area contributed by atoms with Gasteiger partial charge in [-0.2, -0.15) is 0 Å². The fourth-order valence-electron chi connectivity index (χ4n) is 1.69. The third kappa shape index (κ3) is 4.72. The summed E-state index contributed by atoms with van der Waals surface area (Å²) in [6.07, 6.45) is 1.05. The Hall–Kier alpha value is -0.640. The summed E-state index contributed by atoms with van der Waals surface area (Å²) in [5.74, 6) is 0.142. The molecule has 1 atom stereocenters. The van der Waals surface area contributed by atoms with Gasteiger partial charge in [0.1, 0.15) is 5.75 Å². The molecule has 0 fully saturated rings. The van der Waals surface area contributed by atoms with E-state index in [9.17, 15) is 4.79 Å². The molecule has 1 amide bonds. The minimum atomic E-state index is -1.98. The lowest BCUT2D eigenvalue weighted by atomic mass is 10.1. The molecule has 0 aliphatic rings. The number of aryl methyl sites for hydroxylation is 2. The number of carbonyl (C=O) groups excluding carboxylic acids is 1. The number of anilines is 1. The Labute approximate surface area is 134 Å². The third-order valence-corrected chi connectivity index (χ3v) is 3.38. The van der Waals surface area contributed by atoms with Crippen LogP contribution in [0.15, 0.2) is 12.1 Å². The van der Waals surface area contributed by atoms with Crippen LogP contribution in [0.5, 0.6) is 5.75 Å². The molecule has 0 bridgehead atoms. The molecular formula is C14H18Cl3NO2. The predicted molar refractivity (Wildman–Crippen MR) is 85.2 cm³/mol. The van der Waals surface area contributed by atoms with Crippen molar-refractivity contribution >= 4 is 46.4 Å². The van der Waals surface area contributed by atoms with Crippen LogP contribution in [0.2, 0.25) is 0 Å². The Bertz CT molecular complexity index is 475. The van der Waals surface area contributed by atoms with Gasteiger partial charge in [-0.15, -0.1) is 0 Å². The van der Waals surface area contributed by atoms with Crippen molar-refractivity contribution in [1.29, 1.82) is 0 Å². The molecule has 1 rings (SSSR count). The van der Waals surface area contributed by atoms with Gasteiger partial charge in [-0.3, -0.25) is 4.79 Å². The second kappa shape index (κ2) is 6.88. The molecule has 6 heteroatoms. The number of amides is 1. The Morgan fingerprint density at radius 1 is 1.30 bits per heavy atom. The summed E-state index contributed by atoms with van der Waals surface area (Å²) in [7, 11) is 0. The number of ether oxygens (including phenoxy) is 1. The van der Waals surface area contributed by atoms with Gasteiger partial charge in [-0.25, -0.2) is 0 Å². The highest BCUT2D eigenvalue weighted by Crippen LogP contribution is 2.31. The van der Waals surface area contributed by atoms with Crippen molar-refractivity contribution < 1.29 is 9.53 Å². The Morgan fingerprint density at radius 2 is 1.80 bits per heavy atom. The van der Waals surface area contributed by atoms with Crippen LogP contribution in [0.25, 0.3) is 0 Å². The average molecular weight is 339 g/mol. The van der Waals surface area contributed by atoms with Crippen molar-refractivity contribution in [3.63, 3.8) is 0 Å². The first-order valence-corrected chi connectivity index (χ1v) is 7.44. The standard InChI is InChI=1S/C14H18Cl3NO2/c1-5-10(4)20-12-8(2)6-11(7-9(12)3)18-13(19)14(15,16)17/h6-7,10H,5H2,1-4H3,(H,18,19)/t10-/m0/s1. The van der Waals surface area contributed by atoms with Gasteiger partial charge in [-0.05, 0) is 50.5 Å². The third-order valence-electron chi connectivity index (χ3n) is 2.87. The number of halogens is 3. The highest BCUT2D eigenvalue weighted by Gasteiger charge is 2.30. The SMILES string of the molecule is CC[C@H](C)Oc1c(C)cc(NC(=O)C(Cl)(Cl)Cl)cc1C. The van der Waals surface area contributed by atoms with E-state index >= 15 is 0 Å². The zero-order valence-electron chi connectivity index (χ0n) is 11.9. The number of hydrogen-bond donors (Lipinski definition) is 1. The molecule has 0 aliphatic carbocycles. The second-order valence-electron chi connectivity index (χ2n) is 4.73. The molecule has 0 unspecified atom stereocenters. The molecule has 1 aromatic rings. The van der Waals surface area contributed by atoms with Crippen LogP contribution >= 0.6 is 34.8 Å². The highest BCUT2D eigenvalue weighted by atomic mass is 35.6. The van der Waals surface area contributed by atoms with Crippen molar-refractivity contribution in [3.05, 3.63) is 23.3 Å². The first-order chi connectivity index (χ1) is 9.15. The molecule has 112 valence electrons.